The SMILES string of the molecule is O=C(CCCc1ccc(Cl)cc1)NCc1cccc(N2CCCCC2=O)c1. The average molecular weight is 385 g/mol. The Hall–Kier alpha value is -2.33. The van der Waals surface area contributed by atoms with Crippen molar-refractivity contribution in [3.63, 3.8) is 0 Å². The third-order valence-corrected chi connectivity index (χ3v) is 5.07. The van der Waals surface area contributed by atoms with E-state index in [2.05, 4.69) is 5.32 Å². The molecule has 1 fully saturated rings. The van der Waals surface area contributed by atoms with E-state index >= 15 is 0 Å². The number of halogens is 1. The smallest absolute Gasteiger partial charge is 0.226 e. The van der Waals surface area contributed by atoms with Crippen LogP contribution in [0, 0.1) is 0 Å². The Labute approximate surface area is 165 Å². The molecule has 1 N–H and O–H groups in total. The van der Waals surface area contributed by atoms with Crippen molar-refractivity contribution >= 4 is 29.1 Å². The number of aryl methyl sites for hydroxylation is 1. The molecule has 5 heteroatoms. The highest BCUT2D eigenvalue weighted by molar-refractivity contribution is 6.30. The van der Waals surface area contributed by atoms with E-state index in [4.69, 9.17) is 11.6 Å². The number of hydrogen-bond donors (Lipinski definition) is 1. The van der Waals surface area contributed by atoms with E-state index < -0.39 is 0 Å². The lowest BCUT2D eigenvalue weighted by molar-refractivity contribution is -0.121. The Kier molecular flexibility index (Phi) is 6.88. The number of hydrogen-bond acceptors (Lipinski definition) is 2. The summed E-state index contributed by atoms with van der Waals surface area (Å²) in [4.78, 5) is 26.0. The quantitative estimate of drug-likeness (QED) is 0.764. The second-order valence-electron chi connectivity index (χ2n) is 6.93. The molecule has 2 aromatic carbocycles. The first-order valence-corrected chi connectivity index (χ1v) is 9.90. The van der Waals surface area contributed by atoms with Gasteiger partial charge < -0.3 is 10.2 Å². The zero-order valence-corrected chi connectivity index (χ0v) is 16.2. The van der Waals surface area contributed by atoms with Gasteiger partial charge in [-0.1, -0.05) is 35.9 Å². The number of nitrogens with zero attached hydrogens (tertiary/aromatic N) is 1. The minimum atomic E-state index is 0.0448. The lowest BCUT2D eigenvalue weighted by Crippen LogP contribution is -2.35. The number of carbonyl (C=O) groups excluding carboxylic acids is 2. The fourth-order valence-corrected chi connectivity index (χ4v) is 3.43. The molecular formula is C22H25ClN2O2. The highest BCUT2D eigenvalue weighted by Crippen LogP contribution is 2.22. The largest absolute Gasteiger partial charge is 0.352 e. The van der Waals surface area contributed by atoms with E-state index in [1.165, 1.54) is 5.56 Å². The first kappa shape index (κ1) is 19.4. The molecule has 1 aliphatic rings. The molecule has 1 heterocycles. The molecule has 1 saturated heterocycles. The maximum Gasteiger partial charge on any atom is 0.226 e. The summed E-state index contributed by atoms with van der Waals surface area (Å²) >= 11 is 5.88. The van der Waals surface area contributed by atoms with Crippen LogP contribution in [0.2, 0.25) is 5.02 Å². The molecule has 0 saturated carbocycles. The van der Waals surface area contributed by atoms with Gasteiger partial charge in [-0.2, -0.15) is 0 Å². The van der Waals surface area contributed by atoms with Gasteiger partial charge in [0.2, 0.25) is 11.8 Å². The maximum absolute atomic E-state index is 12.1. The zero-order valence-electron chi connectivity index (χ0n) is 15.4. The van der Waals surface area contributed by atoms with Crippen molar-refractivity contribution in [2.45, 2.75) is 45.1 Å². The third kappa shape index (κ3) is 5.83. The number of piperidine rings is 1. The lowest BCUT2D eigenvalue weighted by atomic mass is 10.1. The van der Waals surface area contributed by atoms with Gasteiger partial charge in [-0.3, -0.25) is 9.59 Å². The minimum absolute atomic E-state index is 0.0448. The van der Waals surface area contributed by atoms with Crippen molar-refractivity contribution in [1.82, 2.24) is 5.32 Å². The fraction of sp³-hybridized carbons (Fsp3) is 0.364. The first-order valence-electron chi connectivity index (χ1n) is 9.52. The Morgan fingerprint density at radius 2 is 1.89 bits per heavy atom. The molecule has 0 aliphatic carbocycles. The second-order valence-corrected chi connectivity index (χ2v) is 7.37. The number of rotatable bonds is 7. The molecular weight excluding hydrogens is 360 g/mol. The number of carbonyl (C=O) groups is 2. The molecule has 0 aromatic heterocycles. The monoisotopic (exact) mass is 384 g/mol. The van der Waals surface area contributed by atoms with E-state index in [1.54, 1.807) is 0 Å². The van der Waals surface area contributed by atoms with Gasteiger partial charge in [0.25, 0.3) is 0 Å². The molecule has 0 unspecified atom stereocenters. The van der Waals surface area contributed by atoms with Gasteiger partial charge >= 0.3 is 0 Å². The van der Waals surface area contributed by atoms with Crippen molar-refractivity contribution in [3.8, 4) is 0 Å². The summed E-state index contributed by atoms with van der Waals surface area (Å²) in [6.07, 6.45) is 4.79. The molecule has 4 nitrogen and oxygen atoms in total. The summed E-state index contributed by atoms with van der Waals surface area (Å²) in [6.45, 7) is 1.26. The van der Waals surface area contributed by atoms with Gasteiger partial charge in [0.05, 0.1) is 0 Å². The Bertz CT molecular complexity index is 789. The molecule has 0 bridgehead atoms. The summed E-state index contributed by atoms with van der Waals surface area (Å²) < 4.78 is 0. The molecule has 27 heavy (non-hydrogen) atoms. The van der Waals surface area contributed by atoms with Crippen LogP contribution in [-0.2, 0) is 22.6 Å². The number of benzene rings is 2. The van der Waals surface area contributed by atoms with Crippen LogP contribution in [0.5, 0.6) is 0 Å². The molecule has 0 spiro atoms. The zero-order chi connectivity index (χ0) is 19.1. The molecule has 2 amide bonds. The number of nitrogens with one attached hydrogen (secondary N) is 1. The van der Waals surface area contributed by atoms with Crippen LogP contribution in [0.1, 0.15) is 43.2 Å². The Morgan fingerprint density at radius 3 is 2.67 bits per heavy atom. The van der Waals surface area contributed by atoms with Gasteiger partial charge in [-0.15, -0.1) is 0 Å². The highest BCUT2D eigenvalue weighted by atomic mass is 35.5. The van der Waals surface area contributed by atoms with Crippen LogP contribution >= 0.6 is 11.6 Å². The van der Waals surface area contributed by atoms with Gasteiger partial charge in [-0.25, -0.2) is 0 Å². The maximum atomic E-state index is 12.1. The Balaban J connectivity index is 1.45. The minimum Gasteiger partial charge on any atom is -0.352 e. The molecule has 142 valence electrons. The number of anilines is 1. The molecule has 2 aromatic rings. The van der Waals surface area contributed by atoms with Gasteiger partial charge in [0.1, 0.15) is 0 Å². The van der Waals surface area contributed by atoms with E-state index in [1.807, 2.05) is 53.4 Å². The summed E-state index contributed by atoms with van der Waals surface area (Å²) in [6, 6.07) is 15.6. The predicted molar refractivity (Wildman–Crippen MR) is 109 cm³/mol. The lowest BCUT2D eigenvalue weighted by Gasteiger charge is -2.27. The van der Waals surface area contributed by atoms with E-state index in [9.17, 15) is 9.59 Å². The summed E-state index contributed by atoms with van der Waals surface area (Å²) in [5.41, 5.74) is 3.12. The average Bonchev–Trinajstić information content (AvgIpc) is 2.68. The highest BCUT2D eigenvalue weighted by Gasteiger charge is 2.19. The molecule has 0 radical (unpaired) electrons. The van der Waals surface area contributed by atoms with Crippen LogP contribution in [0.25, 0.3) is 0 Å². The molecule has 0 atom stereocenters. The van der Waals surface area contributed by atoms with Crippen LogP contribution in [0.15, 0.2) is 48.5 Å². The Morgan fingerprint density at radius 1 is 1.07 bits per heavy atom. The standard InChI is InChI=1S/C22H25ClN2O2/c23-19-12-10-17(11-13-19)5-4-8-21(26)24-16-18-6-3-7-20(15-18)25-14-2-1-9-22(25)27/h3,6-7,10-13,15H,1-2,4-5,8-9,14,16H2,(H,24,26). The van der Waals surface area contributed by atoms with Crippen molar-refractivity contribution < 1.29 is 9.59 Å². The van der Waals surface area contributed by atoms with Gasteiger partial charge in [0.15, 0.2) is 0 Å². The second kappa shape index (κ2) is 9.56. The van der Waals surface area contributed by atoms with Crippen molar-refractivity contribution in [2.24, 2.45) is 0 Å². The van der Waals surface area contributed by atoms with Crippen LogP contribution in [0.3, 0.4) is 0 Å². The van der Waals surface area contributed by atoms with Gasteiger partial charge in [-0.05, 0) is 61.1 Å². The summed E-state index contributed by atoms with van der Waals surface area (Å²) in [7, 11) is 0. The van der Waals surface area contributed by atoms with Crippen molar-refractivity contribution in [3.05, 3.63) is 64.7 Å². The van der Waals surface area contributed by atoms with E-state index in [0.29, 0.717) is 19.4 Å². The van der Waals surface area contributed by atoms with Crippen molar-refractivity contribution in [2.75, 3.05) is 11.4 Å². The van der Waals surface area contributed by atoms with E-state index in [0.717, 1.165) is 48.5 Å². The van der Waals surface area contributed by atoms with Crippen molar-refractivity contribution in [1.29, 1.82) is 0 Å². The molecule has 3 rings (SSSR count). The van der Waals surface area contributed by atoms with E-state index in [-0.39, 0.29) is 11.8 Å². The van der Waals surface area contributed by atoms with Crippen LogP contribution < -0.4 is 10.2 Å². The van der Waals surface area contributed by atoms with Crippen LogP contribution in [-0.4, -0.2) is 18.4 Å². The van der Waals surface area contributed by atoms with Gasteiger partial charge in [0, 0.05) is 36.6 Å². The fourth-order valence-electron chi connectivity index (χ4n) is 3.31. The summed E-state index contributed by atoms with van der Waals surface area (Å²) in [5, 5.41) is 3.70. The first-order chi connectivity index (χ1) is 13.1. The predicted octanol–water partition coefficient (Wildman–Crippen LogP) is 4.50. The molecule has 1 aliphatic heterocycles. The normalized spacial score (nSPS) is 14.3. The topological polar surface area (TPSA) is 49.4 Å². The third-order valence-electron chi connectivity index (χ3n) is 4.82. The van der Waals surface area contributed by atoms with Crippen LogP contribution in [0.4, 0.5) is 5.69 Å². The summed E-state index contributed by atoms with van der Waals surface area (Å²) in [5.74, 6) is 0.230. The number of amides is 2.